The monoisotopic (exact) mass is 194 g/mol. The zero-order valence-electron chi connectivity index (χ0n) is 5.80. The normalized spacial score (nSPS) is 11.6. The highest BCUT2D eigenvalue weighted by atomic mass is 32.2. The smallest absolute Gasteiger partial charge is 0.399 e. The van der Waals surface area contributed by atoms with Crippen LogP contribution in [0.2, 0.25) is 0 Å². The van der Waals surface area contributed by atoms with Crippen molar-refractivity contribution in [2.75, 3.05) is 5.73 Å². The molecule has 0 aliphatic heterocycles. The number of nitrogen functional groups attached to an aromatic ring is 1. The standard InChI is InChI=1S/C6H5F3N2S/c7-6(8,9)12-5-3-4(10)1-2-11-5/h1-3H,(H2,10,11). The average molecular weight is 194 g/mol. The molecule has 0 radical (unpaired) electrons. The number of alkyl halides is 3. The van der Waals surface area contributed by atoms with Crippen LogP contribution in [-0.2, 0) is 0 Å². The summed E-state index contributed by atoms with van der Waals surface area (Å²) in [5.74, 6) is 0. The molecule has 1 rings (SSSR count). The van der Waals surface area contributed by atoms with E-state index in [0.29, 0.717) is 0 Å². The molecule has 0 aromatic carbocycles. The maximum absolute atomic E-state index is 11.8. The van der Waals surface area contributed by atoms with Gasteiger partial charge in [0.25, 0.3) is 0 Å². The lowest BCUT2D eigenvalue weighted by molar-refractivity contribution is -0.0329. The van der Waals surface area contributed by atoms with E-state index in [9.17, 15) is 13.2 Å². The molecular formula is C6H5F3N2S. The van der Waals surface area contributed by atoms with Crippen molar-refractivity contribution >= 4 is 17.4 Å². The molecule has 0 bridgehead atoms. The molecule has 0 atom stereocenters. The molecular weight excluding hydrogens is 189 g/mol. The highest BCUT2D eigenvalue weighted by molar-refractivity contribution is 8.00. The van der Waals surface area contributed by atoms with Crippen LogP contribution in [0.5, 0.6) is 0 Å². The van der Waals surface area contributed by atoms with Crippen molar-refractivity contribution in [1.29, 1.82) is 0 Å². The van der Waals surface area contributed by atoms with E-state index in [1.54, 1.807) is 0 Å². The van der Waals surface area contributed by atoms with Gasteiger partial charge in [-0.3, -0.25) is 0 Å². The minimum absolute atomic E-state index is 0.137. The number of nitrogens with zero attached hydrogens (tertiary/aromatic N) is 1. The third-order valence-electron chi connectivity index (χ3n) is 0.979. The summed E-state index contributed by atoms with van der Waals surface area (Å²) in [4.78, 5) is 3.49. The van der Waals surface area contributed by atoms with Crippen LogP contribution in [0.25, 0.3) is 0 Å². The second kappa shape index (κ2) is 3.22. The fourth-order valence-corrected chi connectivity index (χ4v) is 1.14. The van der Waals surface area contributed by atoms with Crippen LogP contribution in [0.3, 0.4) is 0 Å². The van der Waals surface area contributed by atoms with Gasteiger partial charge in [-0.2, -0.15) is 13.2 Å². The Hall–Kier alpha value is -0.910. The van der Waals surface area contributed by atoms with E-state index in [4.69, 9.17) is 5.73 Å². The van der Waals surface area contributed by atoms with Crippen molar-refractivity contribution in [3.63, 3.8) is 0 Å². The Morgan fingerprint density at radius 2 is 2.08 bits per heavy atom. The predicted octanol–water partition coefficient (Wildman–Crippen LogP) is 2.28. The van der Waals surface area contributed by atoms with Crippen molar-refractivity contribution in [1.82, 2.24) is 4.98 Å². The maximum Gasteiger partial charge on any atom is 0.447 e. The van der Waals surface area contributed by atoms with Gasteiger partial charge < -0.3 is 5.73 Å². The molecule has 6 heteroatoms. The number of hydrogen-bond acceptors (Lipinski definition) is 3. The van der Waals surface area contributed by atoms with E-state index in [1.807, 2.05) is 0 Å². The highest BCUT2D eigenvalue weighted by Gasteiger charge is 2.29. The van der Waals surface area contributed by atoms with Crippen LogP contribution in [0.15, 0.2) is 23.4 Å². The van der Waals surface area contributed by atoms with Gasteiger partial charge in [-0.05, 0) is 12.1 Å². The van der Waals surface area contributed by atoms with Gasteiger partial charge in [0, 0.05) is 23.6 Å². The molecule has 0 spiro atoms. The Bertz CT molecular complexity index is 274. The molecule has 0 saturated carbocycles. The number of rotatable bonds is 1. The predicted molar refractivity (Wildman–Crippen MR) is 40.6 cm³/mol. The zero-order valence-corrected chi connectivity index (χ0v) is 6.62. The molecule has 0 aliphatic carbocycles. The average Bonchev–Trinajstić information content (AvgIpc) is 1.82. The first-order valence-corrected chi connectivity index (χ1v) is 3.76. The third kappa shape index (κ3) is 3.00. The first-order chi connectivity index (χ1) is 5.47. The summed E-state index contributed by atoms with van der Waals surface area (Å²) in [6, 6.07) is 2.61. The van der Waals surface area contributed by atoms with Gasteiger partial charge in [0.1, 0.15) is 5.03 Å². The van der Waals surface area contributed by atoms with E-state index in [1.165, 1.54) is 18.3 Å². The van der Waals surface area contributed by atoms with Crippen molar-refractivity contribution in [2.24, 2.45) is 0 Å². The van der Waals surface area contributed by atoms with Gasteiger partial charge in [0.15, 0.2) is 0 Å². The lowest BCUT2D eigenvalue weighted by Crippen LogP contribution is -2.00. The lowest BCUT2D eigenvalue weighted by Gasteiger charge is -2.03. The first kappa shape index (κ1) is 9.18. The van der Waals surface area contributed by atoms with Gasteiger partial charge in [-0.15, -0.1) is 0 Å². The minimum Gasteiger partial charge on any atom is -0.399 e. The Morgan fingerprint density at radius 3 is 2.58 bits per heavy atom. The molecule has 0 aliphatic rings. The van der Waals surface area contributed by atoms with Gasteiger partial charge in [-0.1, -0.05) is 0 Å². The number of anilines is 1. The topological polar surface area (TPSA) is 38.9 Å². The highest BCUT2D eigenvalue weighted by Crippen LogP contribution is 2.35. The molecule has 2 N–H and O–H groups in total. The number of aromatic nitrogens is 1. The van der Waals surface area contributed by atoms with Crippen molar-refractivity contribution < 1.29 is 13.2 Å². The SMILES string of the molecule is Nc1ccnc(SC(F)(F)F)c1. The number of hydrogen-bond donors (Lipinski definition) is 1. The van der Waals surface area contributed by atoms with Crippen molar-refractivity contribution in [2.45, 2.75) is 10.5 Å². The van der Waals surface area contributed by atoms with Crippen molar-refractivity contribution in [3.8, 4) is 0 Å². The Balaban J connectivity index is 2.77. The number of halogens is 3. The molecule has 1 aromatic heterocycles. The van der Waals surface area contributed by atoms with Gasteiger partial charge in [0.05, 0.1) is 0 Å². The molecule has 0 unspecified atom stereocenters. The van der Waals surface area contributed by atoms with Crippen LogP contribution < -0.4 is 5.73 Å². The lowest BCUT2D eigenvalue weighted by atomic mass is 10.4. The van der Waals surface area contributed by atoms with Crippen LogP contribution in [0.1, 0.15) is 0 Å². The number of thioether (sulfide) groups is 1. The summed E-state index contributed by atoms with van der Waals surface area (Å²) in [7, 11) is 0. The van der Waals surface area contributed by atoms with E-state index >= 15 is 0 Å². The summed E-state index contributed by atoms with van der Waals surface area (Å²) < 4.78 is 35.3. The largest absolute Gasteiger partial charge is 0.447 e. The molecule has 1 heterocycles. The number of pyridine rings is 1. The molecule has 2 nitrogen and oxygen atoms in total. The minimum atomic E-state index is -4.30. The van der Waals surface area contributed by atoms with Gasteiger partial charge in [0.2, 0.25) is 0 Å². The fraction of sp³-hybridized carbons (Fsp3) is 0.167. The fourth-order valence-electron chi connectivity index (χ4n) is 0.599. The van der Waals surface area contributed by atoms with E-state index in [-0.39, 0.29) is 22.5 Å². The van der Waals surface area contributed by atoms with E-state index < -0.39 is 5.51 Å². The molecule has 66 valence electrons. The Kier molecular flexibility index (Phi) is 2.46. The van der Waals surface area contributed by atoms with Crippen LogP contribution in [-0.4, -0.2) is 10.5 Å². The Labute approximate surface area is 71.0 Å². The van der Waals surface area contributed by atoms with Crippen LogP contribution in [0, 0.1) is 0 Å². The summed E-state index contributed by atoms with van der Waals surface area (Å²) in [6.07, 6.45) is 1.24. The maximum atomic E-state index is 11.8. The Morgan fingerprint density at radius 1 is 1.42 bits per heavy atom. The third-order valence-corrected chi connectivity index (χ3v) is 1.64. The van der Waals surface area contributed by atoms with E-state index in [2.05, 4.69) is 4.98 Å². The van der Waals surface area contributed by atoms with Crippen LogP contribution >= 0.6 is 11.8 Å². The van der Waals surface area contributed by atoms with E-state index in [0.717, 1.165) is 0 Å². The summed E-state index contributed by atoms with van der Waals surface area (Å²) in [5, 5.41) is -0.137. The van der Waals surface area contributed by atoms with Crippen molar-refractivity contribution in [3.05, 3.63) is 18.3 Å². The summed E-state index contributed by atoms with van der Waals surface area (Å²) in [5.41, 5.74) is 1.23. The summed E-state index contributed by atoms with van der Waals surface area (Å²) >= 11 is -0.276. The second-order valence-corrected chi connectivity index (χ2v) is 3.06. The molecule has 12 heavy (non-hydrogen) atoms. The summed E-state index contributed by atoms with van der Waals surface area (Å²) in [6.45, 7) is 0. The quantitative estimate of drug-likeness (QED) is 0.697. The molecule has 0 amide bonds. The molecule has 0 fully saturated rings. The number of nitrogens with two attached hydrogens (primary N) is 1. The first-order valence-electron chi connectivity index (χ1n) is 2.95. The van der Waals surface area contributed by atoms with Gasteiger partial charge in [-0.25, -0.2) is 4.98 Å². The molecule has 1 aromatic rings. The molecule has 0 saturated heterocycles. The second-order valence-electron chi connectivity index (χ2n) is 1.98. The van der Waals surface area contributed by atoms with Crippen LogP contribution in [0.4, 0.5) is 18.9 Å². The zero-order chi connectivity index (χ0) is 9.19. The van der Waals surface area contributed by atoms with Gasteiger partial charge >= 0.3 is 5.51 Å².